The molecule has 0 saturated heterocycles. The van der Waals surface area contributed by atoms with Crippen LogP contribution in [-0.4, -0.2) is 11.4 Å². The summed E-state index contributed by atoms with van der Waals surface area (Å²) in [5.41, 5.74) is 0.787. The zero-order valence-corrected chi connectivity index (χ0v) is 6.55. The number of nitrogens with one attached hydrogen (secondary N) is 1. The zero-order valence-electron chi connectivity index (χ0n) is 6.55. The lowest BCUT2D eigenvalue weighted by Crippen LogP contribution is -2.10. The molecule has 0 saturated carbocycles. The highest BCUT2D eigenvalue weighted by Gasteiger charge is 2.04. The van der Waals surface area contributed by atoms with Crippen LogP contribution in [0.4, 0.5) is 0 Å². The number of carbonyl (C=O) groups is 1. The molecule has 1 N–H and O–H groups in total. The van der Waals surface area contributed by atoms with Crippen LogP contribution in [0.1, 0.15) is 17.3 Å². The first-order chi connectivity index (χ1) is 5.24. The number of amides is 1. The van der Waals surface area contributed by atoms with E-state index in [4.69, 9.17) is 4.42 Å². The van der Waals surface area contributed by atoms with Crippen LogP contribution in [0.2, 0.25) is 0 Å². The highest BCUT2D eigenvalue weighted by molar-refractivity contribution is 5.46. The molecule has 0 aliphatic heterocycles. The van der Waals surface area contributed by atoms with Gasteiger partial charge in [0.2, 0.25) is 6.41 Å². The lowest BCUT2D eigenvalue weighted by atomic mass is 10.4. The molecule has 1 rings (SSSR count). The average Bonchev–Trinajstić information content (AvgIpc) is 2.26. The topological polar surface area (TPSA) is 55.1 Å². The van der Waals surface area contributed by atoms with Crippen molar-refractivity contribution in [1.82, 2.24) is 10.3 Å². The van der Waals surface area contributed by atoms with Gasteiger partial charge in [0.15, 0.2) is 5.89 Å². The molecule has 1 aromatic heterocycles. The molecule has 0 aromatic carbocycles. The van der Waals surface area contributed by atoms with Gasteiger partial charge < -0.3 is 9.73 Å². The third-order valence-electron chi connectivity index (χ3n) is 1.35. The Bertz CT molecular complexity index is 255. The molecule has 4 nitrogen and oxygen atoms in total. The molecule has 0 aliphatic carbocycles. The molecule has 60 valence electrons. The van der Waals surface area contributed by atoms with Crippen molar-refractivity contribution in [1.29, 1.82) is 0 Å². The smallest absolute Gasteiger partial charge is 0.207 e. The minimum Gasteiger partial charge on any atom is -0.446 e. The number of aromatic nitrogens is 1. The quantitative estimate of drug-likeness (QED) is 0.646. The maximum atomic E-state index is 9.93. The number of hydrogen-bond donors (Lipinski definition) is 1. The van der Waals surface area contributed by atoms with Gasteiger partial charge in [0.05, 0.1) is 6.54 Å². The summed E-state index contributed by atoms with van der Waals surface area (Å²) in [4.78, 5) is 14.0. The van der Waals surface area contributed by atoms with E-state index in [1.165, 1.54) is 0 Å². The summed E-state index contributed by atoms with van der Waals surface area (Å²) in [5.74, 6) is 1.39. The Morgan fingerprint density at radius 1 is 1.64 bits per heavy atom. The third kappa shape index (κ3) is 1.80. The highest BCUT2D eigenvalue weighted by atomic mass is 16.4. The predicted molar refractivity (Wildman–Crippen MR) is 38.9 cm³/mol. The molecule has 0 radical (unpaired) electrons. The standard InChI is InChI=1S/C7H10N2O2/c1-5-7(3-8-4-10)9-6(2)11-5/h4H,3H2,1-2H3,(H,8,10). The molecule has 0 unspecified atom stereocenters. The van der Waals surface area contributed by atoms with Crippen LogP contribution < -0.4 is 5.32 Å². The van der Waals surface area contributed by atoms with Crippen molar-refractivity contribution in [3.05, 3.63) is 17.3 Å². The molecule has 0 fully saturated rings. The number of hydrogen-bond acceptors (Lipinski definition) is 3. The third-order valence-corrected chi connectivity index (χ3v) is 1.35. The highest BCUT2D eigenvalue weighted by Crippen LogP contribution is 2.07. The Kier molecular flexibility index (Phi) is 2.25. The van der Waals surface area contributed by atoms with Crippen LogP contribution >= 0.6 is 0 Å². The van der Waals surface area contributed by atoms with E-state index >= 15 is 0 Å². The lowest BCUT2D eigenvalue weighted by molar-refractivity contribution is -0.109. The fourth-order valence-electron chi connectivity index (χ4n) is 0.874. The van der Waals surface area contributed by atoms with E-state index in [0.29, 0.717) is 18.8 Å². The first-order valence-corrected chi connectivity index (χ1v) is 3.34. The van der Waals surface area contributed by atoms with Crippen LogP contribution in [0.5, 0.6) is 0 Å². The summed E-state index contributed by atoms with van der Waals surface area (Å²) >= 11 is 0. The normalized spacial score (nSPS) is 9.64. The molecule has 11 heavy (non-hydrogen) atoms. The minimum atomic E-state index is 0.437. The lowest BCUT2D eigenvalue weighted by Gasteiger charge is -1.92. The summed E-state index contributed by atoms with van der Waals surface area (Å²) in [7, 11) is 0. The summed E-state index contributed by atoms with van der Waals surface area (Å²) < 4.78 is 5.14. The fourth-order valence-corrected chi connectivity index (χ4v) is 0.874. The van der Waals surface area contributed by atoms with E-state index in [1.807, 2.05) is 6.92 Å². The predicted octanol–water partition coefficient (Wildman–Crippen LogP) is 0.537. The van der Waals surface area contributed by atoms with E-state index < -0.39 is 0 Å². The van der Waals surface area contributed by atoms with Gasteiger partial charge in [-0.3, -0.25) is 4.79 Å². The largest absolute Gasteiger partial charge is 0.446 e. The maximum absolute atomic E-state index is 9.93. The SMILES string of the molecule is Cc1nc(CNC=O)c(C)o1. The van der Waals surface area contributed by atoms with Crippen molar-refractivity contribution in [2.75, 3.05) is 0 Å². The van der Waals surface area contributed by atoms with Gasteiger partial charge >= 0.3 is 0 Å². The second-order valence-electron chi connectivity index (χ2n) is 2.23. The maximum Gasteiger partial charge on any atom is 0.207 e. The Balaban J connectivity index is 2.69. The molecular formula is C7H10N2O2. The second-order valence-corrected chi connectivity index (χ2v) is 2.23. The van der Waals surface area contributed by atoms with Gasteiger partial charge in [0, 0.05) is 6.92 Å². The van der Waals surface area contributed by atoms with Gasteiger partial charge in [0.25, 0.3) is 0 Å². The Labute approximate surface area is 64.6 Å². The molecule has 0 spiro atoms. The number of rotatable bonds is 3. The van der Waals surface area contributed by atoms with E-state index in [0.717, 1.165) is 11.5 Å². The van der Waals surface area contributed by atoms with Gasteiger partial charge in [-0.25, -0.2) is 4.98 Å². The Morgan fingerprint density at radius 2 is 2.36 bits per heavy atom. The Morgan fingerprint density at radius 3 is 2.82 bits per heavy atom. The van der Waals surface area contributed by atoms with Gasteiger partial charge in [-0.05, 0) is 6.92 Å². The van der Waals surface area contributed by atoms with Gasteiger partial charge in [-0.15, -0.1) is 0 Å². The molecule has 1 heterocycles. The van der Waals surface area contributed by atoms with E-state index in [9.17, 15) is 4.79 Å². The van der Waals surface area contributed by atoms with Crippen LogP contribution in [0.3, 0.4) is 0 Å². The number of oxazole rings is 1. The van der Waals surface area contributed by atoms with Crippen LogP contribution in [0.15, 0.2) is 4.42 Å². The molecule has 0 atom stereocenters. The molecule has 1 aromatic rings. The van der Waals surface area contributed by atoms with Gasteiger partial charge in [-0.1, -0.05) is 0 Å². The van der Waals surface area contributed by atoms with Crippen molar-refractivity contribution >= 4 is 6.41 Å². The first kappa shape index (κ1) is 7.78. The molecule has 4 heteroatoms. The van der Waals surface area contributed by atoms with E-state index in [2.05, 4.69) is 10.3 Å². The van der Waals surface area contributed by atoms with Crippen molar-refractivity contribution in [3.8, 4) is 0 Å². The monoisotopic (exact) mass is 154 g/mol. The van der Waals surface area contributed by atoms with Crippen LogP contribution in [-0.2, 0) is 11.3 Å². The zero-order chi connectivity index (χ0) is 8.27. The van der Waals surface area contributed by atoms with Crippen molar-refractivity contribution in [2.45, 2.75) is 20.4 Å². The molecule has 1 amide bonds. The van der Waals surface area contributed by atoms with Crippen molar-refractivity contribution in [2.24, 2.45) is 0 Å². The summed E-state index contributed by atoms with van der Waals surface area (Å²) in [6.45, 7) is 4.03. The van der Waals surface area contributed by atoms with Crippen LogP contribution in [0, 0.1) is 13.8 Å². The summed E-state index contributed by atoms with van der Waals surface area (Å²) in [6.07, 6.45) is 0.642. The van der Waals surface area contributed by atoms with Gasteiger partial charge in [-0.2, -0.15) is 0 Å². The summed E-state index contributed by atoms with van der Waals surface area (Å²) in [6, 6.07) is 0. The molecule has 0 aliphatic rings. The first-order valence-electron chi connectivity index (χ1n) is 3.34. The number of nitrogens with zero attached hydrogens (tertiary/aromatic N) is 1. The van der Waals surface area contributed by atoms with Crippen molar-refractivity contribution < 1.29 is 9.21 Å². The van der Waals surface area contributed by atoms with E-state index in [1.54, 1.807) is 6.92 Å². The van der Waals surface area contributed by atoms with Gasteiger partial charge in [0.1, 0.15) is 11.5 Å². The number of carbonyl (C=O) groups excluding carboxylic acids is 1. The Hall–Kier alpha value is -1.32. The fraction of sp³-hybridized carbons (Fsp3) is 0.429. The summed E-state index contributed by atoms with van der Waals surface area (Å²) in [5, 5.41) is 2.52. The number of aryl methyl sites for hydroxylation is 2. The van der Waals surface area contributed by atoms with E-state index in [-0.39, 0.29) is 0 Å². The van der Waals surface area contributed by atoms with Crippen molar-refractivity contribution in [3.63, 3.8) is 0 Å². The molecular weight excluding hydrogens is 144 g/mol. The second kappa shape index (κ2) is 3.18. The average molecular weight is 154 g/mol. The molecule has 0 bridgehead atoms. The van der Waals surface area contributed by atoms with Crippen LogP contribution in [0.25, 0.3) is 0 Å². The minimum absolute atomic E-state index is 0.437.